The molecule has 7 heterocycles. The molecule has 26 heteroatoms. The van der Waals surface area contributed by atoms with Gasteiger partial charge < -0.3 is 53.9 Å². The van der Waals surface area contributed by atoms with Crippen molar-refractivity contribution in [2.75, 3.05) is 90.3 Å². The molecule has 6 fully saturated rings. The van der Waals surface area contributed by atoms with E-state index in [9.17, 15) is 44.1 Å². The largest absolute Gasteiger partial charge is 0.489 e. The van der Waals surface area contributed by atoms with Crippen molar-refractivity contribution in [2.24, 2.45) is 29.6 Å². The van der Waals surface area contributed by atoms with Crippen molar-refractivity contribution < 1.29 is 61.3 Å². The summed E-state index contributed by atoms with van der Waals surface area (Å²) in [5, 5.41) is 38.7. The molecule has 3 saturated carbocycles. The van der Waals surface area contributed by atoms with Crippen molar-refractivity contribution in [3.8, 4) is 69.0 Å². The van der Waals surface area contributed by atoms with Gasteiger partial charge in [0, 0.05) is 93.9 Å². The molecule has 0 bridgehead atoms. The molecule has 6 aliphatic rings. The van der Waals surface area contributed by atoms with Gasteiger partial charge in [-0.15, -0.1) is 0 Å². The number of hydroxylamine groups is 2. The molecule has 0 radical (unpaired) electrons. The number of halogens is 1. The number of carbonyl (C=O) groups excluding carboxylic acids is 5. The number of nitriles is 3. The van der Waals surface area contributed by atoms with E-state index in [-0.39, 0.29) is 90.2 Å². The lowest BCUT2D eigenvalue weighted by Gasteiger charge is -2.34. The van der Waals surface area contributed by atoms with Gasteiger partial charge in [0.15, 0.2) is 12.6 Å². The summed E-state index contributed by atoms with van der Waals surface area (Å²) in [5.74, 6) is 1.30. The lowest BCUT2D eigenvalue weighted by Crippen LogP contribution is -2.49. The molecule has 3 aliphatic heterocycles. The molecule has 512 valence electrons. The molecule has 99 heavy (non-hydrogen) atoms. The number of hydrogen-bond acceptors (Lipinski definition) is 20. The summed E-state index contributed by atoms with van der Waals surface area (Å²) in [7, 11) is 6.98. The highest BCUT2D eigenvalue weighted by molar-refractivity contribution is 5.99. The minimum absolute atomic E-state index is 0.00189. The highest BCUT2D eigenvalue weighted by atomic mass is 19.1. The summed E-state index contributed by atoms with van der Waals surface area (Å²) in [6, 6.07) is 33.3. The van der Waals surface area contributed by atoms with Gasteiger partial charge in [0.25, 0.3) is 5.91 Å². The lowest BCUT2D eigenvalue weighted by molar-refractivity contribution is -0.170. The number of nitrogens with one attached hydrogen (secondary N) is 3. The van der Waals surface area contributed by atoms with E-state index < -0.39 is 24.1 Å². The zero-order valence-electron chi connectivity index (χ0n) is 55.3. The normalized spacial score (nSPS) is 20.1. The number of nitrogens with zero attached hydrogens (tertiary/aromatic N) is 10. The molecular formula is C73H76FN13O12. The van der Waals surface area contributed by atoms with Crippen molar-refractivity contribution in [1.82, 2.24) is 34.8 Å². The SMILES string of the molecule is CN(C)C[C@@H]1C[C@H]1C(=O)Nc1cc(-c2ccc(OC3CCOCC3)c(C#N)c2)ccn1.CON(C)C(=O)[C@@H]1C[C@H]1C(=O)Nc1cc(-c2ccc(OC3CCOCC3)c(C#N)c2)ccn1.N#Cc1cc(-c2cc(NC(=O)C3CC3)ccn2)ccc1O[C@H]1CCN(C(=O)c2cnco2)C[C@H]1F. The molecule has 3 aliphatic carbocycles. The number of anilines is 3. The predicted molar refractivity (Wildman–Crippen MR) is 359 cm³/mol. The number of alkyl halides is 1. The number of oxazole rings is 1. The van der Waals surface area contributed by atoms with Gasteiger partial charge in [0.2, 0.25) is 29.4 Å². The van der Waals surface area contributed by atoms with Crippen LogP contribution in [0.4, 0.5) is 21.7 Å². The van der Waals surface area contributed by atoms with E-state index in [2.05, 4.69) is 59.0 Å². The average molecular weight is 1350 g/mol. The Morgan fingerprint density at radius 2 is 1.14 bits per heavy atom. The first-order chi connectivity index (χ1) is 48.0. The molecular weight excluding hydrogens is 1270 g/mol. The fourth-order valence-corrected chi connectivity index (χ4v) is 11.8. The van der Waals surface area contributed by atoms with Crippen molar-refractivity contribution in [2.45, 2.75) is 82.3 Å². The Balaban J connectivity index is 0.000000150. The molecule has 6 atom stereocenters. The van der Waals surface area contributed by atoms with Crippen molar-refractivity contribution >= 4 is 46.9 Å². The second-order valence-electron chi connectivity index (χ2n) is 25.3. The fourth-order valence-electron chi connectivity index (χ4n) is 11.8. The summed E-state index contributed by atoms with van der Waals surface area (Å²) in [4.78, 5) is 86.6. The van der Waals surface area contributed by atoms with E-state index in [0.29, 0.717) is 90.0 Å². The third-order valence-electron chi connectivity index (χ3n) is 17.8. The van der Waals surface area contributed by atoms with Crippen molar-refractivity contribution in [1.29, 1.82) is 15.8 Å². The van der Waals surface area contributed by atoms with E-state index >= 15 is 0 Å². The number of carbonyl (C=O) groups is 5. The molecule has 0 unspecified atom stereocenters. The number of aromatic nitrogens is 4. The van der Waals surface area contributed by atoms with Gasteiger partial charge in [0.05, 0.1) is 80.5 Å². The summed E-state index contributed by atoms with van der Waals surface area (Å²) in [6.07, 6.45) is 11.9. The first-order valence-corrected chi connectivity index (χ1v) is 32.9. The number of amides is 5. The molecule has 0 spiro atoms. The zero-order chi connectivity index (χ0) is 69.5. The fraction of sp³-hybridized carbons (Fsp3) is 0.397. The Morgan fingerprint density at radius 3 is 1.67 bits per heavy atom. The smallest absolute Gasteiger partial charge is 0.291 e. The highest BCUT2D eigenvalue weighted by Crippen LogP contribution is 2.42. The number of rotatable bonds is 20. The number of pyridine rings is 3. The molecule has 3 N–H and O–H groups in total. The van der Waals surface area contributed by atoms with E-state index in [1.165, 1.54) is 25.3 Å². The monoisotopic (exact) mass is 1350 g/mol. The van der Waals surface area contributed by atoms with E-state index in [1.54, 1.807) is 67.1 Å². The topological polar surface area (TPSA) is 323 Å². The maximum Gasteiger partial charge on any atom is 0.291 e. The Morgan fingerprint density at radius 1 is 0.606 bits per heavy atom. The van der Waals surface area contributed by atoms with Crippen LogP contribution in [-0.2, 0) is 33.5 Å². The second kappa shape index (κ2) is 32.6. The van der Waals surface area contributed by atoms with E-state index in [4.69, 9.17) is 32.9 Å². The molecule has 25 nitrogen and oxygen atoms in total. The van der Waals surface area contributed by atoms with Crippen LogP contribution in [0, 0.1) is 63.6 Å². The number of benzene rings is 3. The van der Waals surface area contributed by atoms with Crippen LogP contribution in [-0.4, -0.2) is 163 Å². The third kappa shape index (κ3) is 18.5. The van der Waals surface area contributed by atoms with Gasteiger partial charge in [-0.2, -0.15) is 15.8 Å². The predicted octanol–water partition coefficient (Wildman–Crippen LogP) is 9.68. The van der Waals surface area contributed by atoms with Crippen LogP contribution in [0.2, 0.25) is 0 Å². The average Bonchev–Trinajstić information content (AvgIpc) is 1.72. The van der Waals surface area contributed by atoms with Gasteiger partial charge in [-0.05, 0) is 147 Å². The summed E-state index contributed by atoms with van der Waals surface area (Å²) < 4.78 is 48.5. The molecule has 3 saturated heterocycles. The van der Waals surface area contributed by atoms with Crippen LogP contribution >= 0.6 is 0 Å². The summed E-state index contributed by atoms with van der Waals surface area (Å²) >= 11 is 0. The van der Waals surface area contributed by atoms with Crippen LogP contribution in [0.25, 0.3) is 33.5 Å². The van der Waals surface area contributed by atoms with Crippen LogP contribution < -0.4 is 30.2 Å². The van der Waals surface area contributed by atoms with E-state index in [0.717, 1.165) is 85.2 Å². The van der Waals surface area contributed by atoms with Gasteiger partial charge >= 0.3 is 0 Å². The maximum atomic E-state index is 14.9. The Kier molecular flexibility index (Phi) is 22.9. The van der Waals surface area contributed by atoms with E-state index in [1.807, 2.05) is 56.6 Å². The lowest BCUT2D eigenvalue weighted by atomic mass is 10.0. The molecule has 5 amide bonds. The Hall–Kier alpha value is -10.7. The quantitative estimate of drug-likeness (QED) is 0.0598. The first-order valence-electron chi connectivity index (χ1n) is 32.9. The van der Waals surface area contributed by atoms with Gasteiger partial charge in [0.1, 0.15) is 65.4 Å². The Bertz CT molecular complexity index is 4180. The number of ether oxygens (including phenoxy) is 5. The van der Waals surface area contributed by atoms with Crippen LogP contribution in [0.1, 0.15) is 85.0 Å². The minimum atomic E-state index is -1.43. The summed E-state index contributed by atoms with van der Waals surface area (Å²) in [5.41, 5.74) is 6.46. The molecule has 4 aromatic heterocycles. The number of hydrogen-bond donors (Lipinski definition) is 3. The maximum absolute atomic E-state index is 14.9. The molecule has 7 aromatic rings. The standard InChI is InChI=1S/C25H22FN5O4.C24H26N4O5.C24H28N4O3/c26-19-13-31(25(33)23-12-28-14-34-23)8-6-22(19)35-21-4-3-16(9-17(21)11-27)20-10-18(5-7-29-20)30-24(32)15-1-2-15;1-28(31-2)24(30)20-13-19(20)23(29)27-22-12-16(5-8-26-22)15-3-4-21(17(11-15)14-25)33-18-6-9-32-10-7-18;1-28(2)15-19-12-21(19)24(29)27-23-13-17(5-8-26-23)16-3-4-22(18(11-16)14-25)31-20-6-9-30-10-7-20/h3-5,7,9-10,12,14-15,19,22H,1-2,6,8,13H2,(H,29,30,32);3-5,8,11-12,18-20H,6-7,9-10,13H2,1-2H3,(H,26,27,29);3-5,8,11,13,19-21H,6-7,9-10,12,15H2,1-2H3,(H,26,27,29)/t19-,22+;19-,20-;19-,21+/m110/s1. The molecule has 3 aromatic carbocycles. The van der Waals surface area contributed by atoms with Crippen molar-refractivity contribution in [3.63, 3.8) is 0 Å². The summed E-state index contributed by atoms with van der Waals surface area (Å²) in [6.45, 7) is 3.76. The van der Waals surface area contributed by atoms with Crippen LogP contribution in [0.15, 0.2) is 127 Å². The molecule has 13 rings (SSSR count). The number of piperidine rings is 1. The second-order valence-corrected chi connectivity index (χ2v) is 25.3. The zero-order valence-corrected chi connectivity index (χ0v) is 55.3. The highest BCUT2D eigenvalue weighted by Gasteiger charge is 2.49. The van der Waals surface area contributed by atoms with Gasteiger partial charge in [-0.25, -0.2) is 24.4 Å². The minimum Gasteiger partial charge on any atom is -0.489 e. The third-order valence-corrected chi connectivity index (χ3v) is 17.8. The number of likely N-dealkylation sites (tertiary alicyclic amines) is 1. The van der Waals surface area contributed by atoms with Crippen LogP contribution in [0.5, 0.6) is 17.2 Å². The Labute approximate surface area is 572 Å². The van der Waals surface area contributed by atoms with Crippen LogP contribution in [0.3, 0.4) is 0 Å². The van der Waals surface area contributed by atoms with Gasteiger partial charge in [-0.1, -0.05) is 12.1 Å². The van der Waals surface area contributed by atoms with Gasteiger partial charge in [-0.3, -0.25) is 33.8 Å². The van der Waals surface area contributed by atoms with Crippen molar-refractivity contribution in [3.05, 3.63) is 145 Å². The first kappa shape index (κ1) is 69.7.